The van der Waals surface area contributed by atoms with Crippen molar-refractivity contribution in [3.63, 3.8) is 0 Å². The monoisotopic (exact) mass is 358 g/mol. The zero-order valence-corrected chi connectivity index (χ0v) is 16.0. The Balaban J connectivity index is 0.000000701. The molecule has 3 rings (SSSR count). The predicted octanol–water partition coefficient (Wildman–Crippen LogP) is 5.93. The Bertz CT molecular complexity index is 804. The van der Waals surface area contributed by atoms with E-state index in [1.54, 1.807) is 12.1 Å². The molecule has 0 spiro atoms. The third-order valence-electron chi connectivity index (χ3n) is 4.87. The maximum absolute atomic E-state index is 13.3. The highest BCUT2D eigenvalue weighted by molar-refractivity contribution is 7.80. The van der Waals surface area contributed by atoms with Crippen molar-refractivity contribution in [1.82, 2.24) is 4.98 Å². The summed E-state index contributed by atoms with van der Waals surface area (Å²) in [6.07, 6.45) is 3.94. The number of H-pyrrole nitrogens is 1. The van der Waals surface area contributed by atoms with Gasteiger partial charge in [-0.15, -0.1) is 0 Å². The van der Waals surface area contributed by atoms with Crippen molar-refractivity contribution in [2.75, 3.05) is 11.5 Å². The van der Waals surface area contributed by atoms with E-state index in [9.17, 15) is 4.39 Å². The molecule has 1 aromatic heterocycles. The lowest BCUT2D eigenvalue weighted by Crippen LogP contribution is -2.25. The van der Waals surface area contributed by atoms with Gasteiger partial charge in [0.25, 0.3) is 0 Å². The van der Waals surface area contributed by atoms with Crippen molar-refractivity contribution in [1.29, 1.82) is 0 Å². The normalized spacial score (nSPS) is 11.2. The summed E-state index contributed by atoms with van der Waals surface area (Å²) in [5, 5.41) is 1.15. The Hall–Kier alpha value is -1.94. The van der Waals surface area contributed by atoms with Gasteiger partial charge in [0.2, 0.25) is 0 Å². The van der Waals surface area contributed by atoms with Crippen LogP contribution in [0.15, 0.2) is 48.7 Å². The van der Waals surface area contributed by atoms with Gasteiger partial charge < -0.3 is 10.7 Å². The minimum absolute atomic E-state index is 0.139. The first-order valence-electron chi connectivity index (χ1n) is 8.77. The molecule has 25 heavy (non-hydrogen) atoms. The number of rotatable bonds is 4. The van der Waals surface area contributed by atoms with E-state index in [0.717, 1.165) is 40.7 Å². The summed E-state index contributed by atoms with van der Waals surface area (Å²) in [5.41, 5.74) is 10.0. The molecule has 4 heteroatoms. The quantitative estimate of drug-likeness (QED) is 0.392. The molecule has 1 heterocycles. The predicted molar refractivity (Wildman–Crippen MR) is 110 cm³/mol. The van der Waals surface area contributed by atoms with Gasteiger partial charge in [0.05, 0.1) is 11.2 Å². The maximum Gasteiger partial charge on any atom is 0.123 e. The molecule has 0 atom stereocenters. The molecule has 0 fully saturated rings. The largest absolute Gasteiger partial charge is 0.397 e. The smallest absolute Gasteiger partial charge is 0.123 e. The van der Waals surface area contributed by atoms with Gasteiger partial charge in [0, 0.05) is 17.0 Å². The van der Waals surface area contributed by atoms with Crippen LogP contribution in [0.2, 0.25) is 0 Å². The molecular formula is C21H27FN2S. The molecule has 0 saturated carbocycles. The number of hydrogen-bond donors (Lipinski definition) is 3. The summed E-state index contributed by atoms with van der Waals surface area (Å²) in [6.45, 7) is 6.35. The summed E-state index contributed by atoms with van der Waals surface area (Å²) in [4.78, 5) is 3.31. The molecule has 0 amide bonds. The van der Waals surface area contributed by atoms with Crippen molar-refractivity contribution >= 4 is 29.2 Å². The number of nitrogens with one attached hydrogen (secondary N) is 1. The number of aromatic nitrogens is 1. The Kier molecular flexibility index (Phi) is 6.54. The SMILES string of the molecule is CCC(CC)(c1ccc(F)cc1)c1c[nH]c2c(N)cccc12.CCS. The molecule has 0 aliphatic heterocycles. The minimum atomic E-state index is -0.201. The molecule has 0 unspecified atom stereocenters. The maximum atomic E-state index is 13.3. The van der Waals surface area contributed by atoms with E-state index in [-0.39, 0.29) is 11.2 Å². The zero-order valence-electron chi connectivity index (χ0n) is 15.1. The first kappa shape index (κ1) is 19.4. The molecule has 2 nitrogen and oxygen atoms in total. The van der Waals surface area contributed by atoms with Gasteiger partial charge in [-0.3, -0.25) is 0 Å². The number of benzene rings is 2. The average molecular weight is 359 g/mol. The number of hydrogen-bond acceptors (Lipinski definition) is 2. The molecule has 0 aliphatic carbocycles. The number of fused-ring (bicyclic) bond motifs is 1. The van der Waals surface area contributed by atoms with Crippen LogP contribution in [0, 0.1) is 5.82 Å². The lowest BCUT2D eigenvalue weighted by Gasteiger charge is -2.32. The van der Waals surface area contributed by atoms with Crippen LogP contribution in [0.25, 0.3) is 10.9 Å². The first-order chi connectivity index (χ1) is 12.0. The Labute approximate surface area is 155 Å². The third-order valence-corrected chi connectivity index (χ3v) is 4.87. The fourth-order valence-corrected chi connectivity index (χ4v) is 3.54. The molecule has 0 bridgehead atoms. The number of nitrogens with two attached hydrogens (primary N) is 1. The number of anilines is 1. The first-order valence-corrected chi connectivity index (χ1v) is 9.40. The molecule has 0 radical (unpaired) electrons. The van der Waals surface area contributed by atoms with Gasteiger partial charge in [-0.05, 0) is 47.9 Å². The second kappa shape index (κ2) is 8.43. The van der Waals surface area contributed by atoms with Gasteiger partial charge in [-0.2, -0.15) is 12.6 Å². The van der Waals surface area contributed by atoms with Crippen molar-refractivity contribution in [3.8, 4) is 0 Å². The van der Waals surface area contributed by atoms with Gasteiger partial charge in [0.15, 0.2) is 0 Å². The van der Waals surface area contributed by atoms with E-state index in [0.29, 0.717) is 0 Å². The van der Waals surface area contributed by atoms with Crippen LogP contribution in [0.3, 0.4) is 0 Å². The molecule has 3 N–H and O–H groups in total. The van der Waals surface area contributed by atoms with Crippen LogP contribution in [0.1, 0.15) is 44.7 Å². The standard InChI is InChI=1S/C19H21FN2.C2H6S/c1-3-19(4-2,13-8-10-14(20)11-9-13)16-12-22-18-15(16)6-5-7-17(18)21;1-2-3/h5-12,22H,3-4,21H2,1-2H3;3H,2H2,1H3. The number of para-hydroxylation sites is 1. The molecule has 134 valence electrons. The van der Waals surface area contributed by atoms with Gasteiger partial charge in [-0.25, -0.2) is 4.39 Å². The van der Waals surface area contributed by atoms with Gasteiger partial charge in [0.1, 0.15) is 5.82 Å². The van der Waals surface area contributed by atoms with Crippen LogP contribution in [0.4, 0.5) is 10.1 Å². The average Bonchev–Trinajstić information content (AvgIpc) is 3.05. The van der Waals surface area contributed by atoms with Crippen molar-refractivity contribution in [2.45, 2.75) is 39.0 Å². The fourth-order valence-electron chi connectivity index (χ4n) is 3.54. The molecule has 2 aromatic carbocycles. The second-order valence-corrected chi connectivity index (χ2v) is 6.72. The Morgan fingerprint density at radius 1 is 1.04 bits per heavy atom. The van der Waals surface area contributed by atoms with Crippen molar-refractivity contribution < 1.29 is 4.39 Å². The Morgan fingerprint density at radius 3 is 2.20 bits per heavy atom. The van der Waals surface area contributed by atoms with E-state index < -0.39 is 0 Å². The molecule has 0 aliphatic rings. The van der Waals surface area contributed by atoms with Crippen LogP contribution in [-0.2, 0) is 5.41 Å². The van der Waals surface area contributed by atoms with E-state index in [2.05, 4.69) is 43.7 Å². The van der Waals surface area contributed by atoms with Crippen LogP contribution in [0.5, 0.6) is 0 Å². The number of halogens is 1. The molecular weight excluding hydrogens is 331 g/mol. The van der Waals surface area contributed by atoms with Gasteiger partial charge >= 0.3 is 0 Å². The fraction of sp³-hybridized carbons (Fsp3) is 0.333. The lowest BCUT2D eigenvalue weighted by molar-refractivity contribution is 0.481. The summed E-state index contributed by atoms with van der Waals surface area (Å²) in [6, 6.07) is 12.9. The molecule has 3 aromatic rings. The summed E-state index contributed by atoms with van der Waals surface area (Å²) >= 11 is 3.79. The highest BCUT2D eigenvalue weighted by atomic mass is 32.1. The highest BCUT2D eigenvalue weighted by Gasteiger charge is 2.33. The topological polar surface area (TPSA) is 41.8 Å². The number of aromatic amines is 1. The Morgan fingerprint density at radius 2 is 1.64 bits per heavy atom. The lowest BCUT2D eigenvalue weighted by atomic mass is 9.70. The summed E-state index contributed by atoms with van der Waals surface area (Å²) in [7, 11) is 0. The van der Waals surface area contributed by atoms with Crippen LogP contribution < -0.4 is 5.73 Å². The van der Waals surface area contributed by atoms with E-state index >= 15 is 0 Å². The summed E-state index contributed by atoms with van der Waals surface area (Å²) < 4.78 is 13.3. The second-order valence-electron chi connectivity index (χ2n) is 6.08. The van der Waals surface area contributed by atoms with Crippen molar-refractivity contribution in [2.24, 2.45) is 0 Å². The minimum Gasteiger partial charge on any atom is -0.397 e. The highest BCUT2D eigenvalue weighted by Crippen LogP contribution is 2.42. The third kappa shape index (κ3) is 3.69. The van der Waals surface area contributed by atoms with E-state index in [1.165, 1.54) is 5.56 Å². The van der Waals surface area contributed by atoms with Crippen LogP contribution >= 0.6 is 12.6 Å². The number of nitrogen functional groups attached to an aromatic ring is 1. The van der Waals surface area contributed by atoms with E-state index in [1.807, 2.05) is 31.2 Å². The molecule has 0 saturated heterocycles. The zero-order chi connectivity index (χ0) is 18.4. The van der Waals surface area contributed by atoms with Crippen LogP contribution in [-0.4, -0.2) is 10.7 Å². The van der Waals surface area contributed by atoms with Gasteiger partial charge in [-0.1, -0.05) is 45.0 Å². The van der Waals surface area contributed by atoms with Crippen molar-refractivity contribution in [3.05, 3.63) is 65.6 Å². The number of thiol groups is 1. The summed E-state index contributed by atoms with van der Waals surface area (Å²) in [5.74, 6) is 0.744. The van der Waals surface area contributed by atoms with E-state index in [4.69, 9.17) is 5.73 Å².